The number of allylic oxidation sites excluding steroid dienone is 8. The minimum Gasteiger partial charge on any atom is -0.462 e. The van der Waals surface area contributed by atoms with Crippen molar-refractivity contribution in [1.82, 2.24) is 0 Å². The second kappa shape index (κ2) is 60.6. The molecule has 0 bridgehead atoms. The summed E-state index contributed by atoms with van der Waals surface area (Å²) in [6.07, 6.45) is 78.0. The molecule has 464 valence electrons. The molecule has 0 fully saturated rings. The van der Waals surface area contributed by atoms with Crippen molar-refractivity contribution in [2.24, 2.45) is 0 Å². The minimum absolute atomic E-state index is 0.0306. The summed E-state index contributed by atoms with van der Waals surface area (Å²) in [5, 5.41) is 0. The number of unbranched alkanes of at least 4 members (excludes halogenated alkanes) is 41. The van der Waals surface area contributed by atoms with E-state index in [9.17, 15) is 19.0 Å². The third-order valence-electron chi connectivity index (χ3n) is 15.1. The molecule has 0 aromatic carbocycles. The van der Waals surface area contributed by atoms with Gasteiger partial charge in [0.1, 0.15) is 19.8 Å². The van der Waals surface area contributed by atoms with E-state index >= 15 is 0 Å². The van der Waals surface area contributed by atoms with Crippen LogP contribution in [0.4, 0.5) is 0 Å². The zero-order chi connectivity index (χ0) is 57.7. The molecule has 79 heavy (non-hydrogen) atoms. The predicted molar refractivity (Wildman–Crippen MR) is 340 cm³/mol. The van der Waals surface area contributed by atoms with Crippen molar-refractivity contribution >= 4 is 19.8 Å². The van der Waals surface area contributed by atoms with Gasteiger partial charge in [-0.1, -0.05) is 287 Å². The van der Waals surface area contributed by atoms with Crippen LogP contribution < -0.4 is 0 Å². The fourth-order valence-corrected chi connectivity index (χ4v) is 10.6. The number of rotatable bonds is 63. The lowest BCUT2D eigenvalue weighted by atomic mass is 10.0. The molecule has 0 saturated heterocycles. The SMILES string of the molecule is CCCCCC/C=C\C/C=C\CCCCCCCC(=O)OCC(COP(=O)(O)OCC[N+](C)(C)C)OC(=O)CCCCCCCCCCCCCCCCCCCCCCCCCCCCC/C=C\C/C=C\CCCCCCC. The highest BCUT2D eigenvalue weighted by Crippen LogP contribution is 2.43. The molecule has 0 aromatic rings. The van der Waals surface area contributed by atoms with Crippen LogP contribution in [0.1, 0.15) is 328 Å². The first-order chi connectivity index (χ1) is 38.5. The summed E-state index contributed by atoms with van der Waals surface area (Å²) in [5.41, 5.74) is 0. The van der Waals surface area contributed by atoms with Crippen LogP contribution in [0.2, 0.25) is 0 Å². The average molecular weight is 1130 g/mol. The molecule has 1 N–H and O–H groups in total. The highest BCUT2D eigenvalue weighted by atomic mass is 31.2. The Morgan fingerprint density at radius 2 is 0.684 bits per heavy atom. The summed E-state index contributed by atoms with van der Waals surface area (Å²) >= 11 is 0. The van der Waals surface area contributed by atoms with E-state index in [-0.39, 0.29) is 32.0 Å². The molecule has 0 heterocycles. The van der Waals surface area contributed by atoms with Crippen molar-refractivity contribution < 1.29 is 42.1 Å². The van der Waals surface area contributed by atoms with Crippen molar-refractivity contribution in [3.05, 3.63) is 48.6 Å². The number of hydrogen-bond donors (Lipinski definition) is 1. The Bertz CT molecular complexity index is 1470. The van der Waals surface area contributed by atoms with Gasteiger partial charge in [0.15, 0.2) is 6.10 Å². The van der Waals surface area contributed by atoms with Gasteiger partial charge in [-0.2, -0.15) is 0 Å². The number of quaternary nitrogens is 1. The second-order valence-electron chi connectivity index (χ2n) is 24.2. The number of phosphoric ester groups is 1. The van der Waals surface area contributed by atoms with Crippen LogP contribution >= 0.6 is 7.82 Å². The van der Waals surface area contributed by atoms with E-state index in [1.54, 1.807) is 0 Å². The van der Waals surface area contributed by atoms with E-state index in [4.69, 9.17) is 18.5 Å². The molecular formula is C69H131NO8P+. The van der Waals surface area contributed by atoms with Gasteiger partial charge in [-0.25, -0.2) is 4.57 Å². The van der Waals surface area contributed by atoms with Crippen LogP contribution in [0.3, 0.4) is 0 Å². The average Bonchev–Trinajstić information content (AvgIpc) is 3.41. The fourth-order valence-electron chi connectivity index (χ4n) is 9.84. The van der Waals surface area contributed by atoms with Crippen molar-refractivity contribution in [3.63, 3.8) is 0 Å². The van der Waals surface area contributed by atoms with E-state index in [0.717, 1.165) is 64.2 Å². The first kappa shape index (κ1) is 77.0. The maximum atomic E-state index is 12.8. The third kappa shape index (κ3) is 65.0. The van der Waals surface area contributed by atoms with Crippen molar-refractivity contribution in [3.8, 4) is 0 Å². The molecule has 2 atom stereocenters. The summed E-state index contributed by atoms with van der Waals surface area (Å²) in [5.74, 6) is -0.800. The van der Waals surface area contributed by atoms with Crippen LogP contribution in [0.15, 0.2) is 48.6 Å². The number of ether oxygens (including phenoxy) is 2. The Morgan fingerprint density at radius 3 is 1.01 bits per heavy atom. The van der Waals surface area contributed by atoms with Crippen molar-refractivity contribution in [2.75, 3.05) is 47.5 Å². The number of hydrogen-bond acceptors (Lipinski definition) is 7. The number of likely N-dealkylation sites (N-methyl/N-ethyl adjacent to an activating group) is 1. The van der Waals surface area contributed by atoms with E-state index in [1.165, 1.54) is 231 Å². The van der Waals surface area contributed by atoms with Crippen LogP contribution in [0.25, 0.3) is 0 Å². The molecule has 0 aliphatic carbocycles. The lowest BCUT2D eigenvalue weighted by Gasteiger charge is -2.24. The number of nitrogens with zero attached hydrogens (tertiary/aromatic N) is 1. The largest absolute Gasteiger partial charge is 0.472 e. The summed E-state index contributed by atoms with van der Waals surface area (Å²) in [6.45, 7) is 4.43. The first-order valence-corrected chi connectivity index (χ1v) is 35.4. The van der Waals surface area contributed by atoms with Crippen LogP contribution in [0, 0.1) is 0 Å². The molecule has 0 spiro atoms. The van der Waals surface area contributed by atoms with E-state index in [0.29, 0.717) is 17.4 Å². The zero-order valence-electron chi connectivity index (χ0n) is 52.9. The van der Waals surface area contributed by atoms with E-state index < -0.39 is 26.5 Å². The summed E-state index contributed by atoms with van der Waals surface area (Å²) in [7, 11) is 1.48. The standard InChI is InChI=1S/C69H130NO8P/c1-6-8-10-12-14-16-18-20-22-24-25-26-27-28-29-30-31-32-33-34-35-36-37-38-39-40-41-42-43-44-45-46-48-50-52-54-56-58-60-62-69(72)78-67(66-77-79(73,74)76-64-63-70(3,4)5)65-75-68(71)61-59-57-55-53-51-49-47-23-21-19-17-15-13-11-9-7-2/h17-20,23-25,47,67H,6-16,21-22,26-46,48-66H2,1-5H3/p+1/b19-17-,20-18-,25-24-,47-23-. The van der Waals surface area contributed by atoms with Crippen molar-refractivity contribution in [2.45, 2.75) is 335 Å². The Labute approximate surface area is 490 Å². The molecule has 0 saturated carbocycles. The van der Waals surface area contributed by atoms with Gasteiger partial charge in [-0.15, -0.1) is 0 Å². The molecule has 0 rings (SSSR count). The van der Waals surface area contributed by atoms with Gasteiger partial charge in [0.05, 0.1) is 27.7 Å². The Kier molecular flexibility index (Phi) is 59.0. The molecule has 2 unspecified atom stereocenters. The molecule has 0 aliphatic heterocycles. The highest BCUT2D eigenvalue weighted by molar-refractivity contribution is 7.47. The van der Waals surface area contributed by atoms with Crippen LogP contribution in [-0.4, -0.2) is 74.9 Å². The third-order valence-corrected chi connectivity index (χ3v) is 16.1. The molecule has 0 aliphatic rings. The lowest BCUT2D eigenvalue weighted by Crippen LogP contribution is -2.37. The van der Waals surface area contributed by atoms with Crippen molar-refractivity contribution in [1.29, 1.82) is 0 Å². The number of esters is 2. The molecule has 0 amide bonds. The summed E-state index contributed by atoms with van der Waals surface area (Å²) in [6, 6.07) is 0. The minimum atomic E-state index is -4.39. The van der Waals surface area contributed by atoms with Crippen LogP contribution in [-0.2, 0) is 32.7 Å². The van der Waals surface area contributed by atoms with Gasteiger partial charge in [0.2, 0.25) is 0 Å². The monoisotopic (exact) mass is 1130 g/mol. The highest BCUT2D eigenvalue weighted by Gasteiger charge is 2.27. The number of carbonyl (C=O) groups is 2. The van der Waals surface area contributed by atoms with Gasteiger partial charge < -0.3 is 18.9 Å². The fraction of sp³-hybridized carbons (Fsp3) is 0.855. The van der Waals surface area contributed by atoms with Gasteiger partial charge in [-0.05, 0) is 77.0 Å². The van der Waals surface area contributed by atoms with E-state index in [1.807, 2.05) is 21.1 Å². The Hall–Kier alpha value is -2.03. The normalized spacial score (nSPS) is 13.4. The first-order valence-electron chi connectivity index (χ1n) is 33.9. The smallest absolute Gasteiger partial charge is 0.462 e. The van der Waals surface area contributed by atoms with Gasteiger partial charge >= 0.3 is 19.8 Å². The quantitative estimate of drug-likeness (QED) is 0.0211. The maximum Gasteiger partial charge on any atom is 0.472 e. The maximum absolute atomic E-state index is 12.8. The Balaban J connectivity index is 3.90. The van der Waals surface area contributed by atoms with Gasteiger partial charge in [0, 0.05) is 12.8 Å². The van der Waals surface area contributed by atoms with Gasteiger partial charge in [0.25, 0.3) is 0 Å². The number of carbonyl (C=O) groups excluding carboxylic acids is 2. The lowest BCUT2D eigenvalue weighted by molar-refractivity contribution is -0.870. The number of phosphoric acid groups is 1. The van der Waals surface area contributed by atoms with Gasteiger partial charge in [-0.3, -0.25) is 18.6 Å². The second-order valence-corrected chi connectivity index (χ2v) is 25.7. The summed E-state index contributed by atoms with van der Waals surface area (Å²) in [4.78, 5) is 35.7. The Morgan fingerprint density at radius 1 is 0.392 bits per heavy atom. The summed E-state index contributed by atoms with van der Waals surface area (Å²) < 4.78 is 34.6. The topological polar surface area (TPSA) is 108 Å². The molecule has 10 heteroatoms. The zero-order valence-corrected chi connectivity index (χ0v) is 53.8. The van der Waals surface area contributed by atoms with Crippen LogP contribution in [0.5, 0.6) is 0 Å². The predicted octanol–water partition coefficient (Wildman–Crippen LogP) is 21.7. The molecule has 0 aromatic heterocycles. The molecule has 9 nitrogen and oxygen atoms in total. The molecule has 0 radical (unpaired) electrons. The molecular weight excluding hydrogens is 1000 g/mol. The van der Waals surface area contributed by atoms with E-state index in [2.05, 4.69) is 62.5 Å².